The lowest BCUT2D eigenvalue weighted by atomic mass is 9.78. The van der Waals surface area contributed by atoms with E-state index < -0.39 is 48.3 Å². The van der Waals surface area contributed by atoms with Crippen LogP contribution in [-0.2, 0) is 26.8 Å². The molecule has 0 radical (unpaired) electrons. The van der Waals surface area contributed by atoms with E-state index in [4.69, 9.17) is 14.0 Å². The van der Waals surface area contributed by atoms with Gasteiger partial charge in [0.05, 0.1) is 35.0 Å². The monoisotopic (exact) mass is 523 g/mol. The van der Waals surface area contributed by atoms with Crippen molar-refractivity contribution < 1.29 is 32.0 Å². The average molecular weight is 523 g/mol. The summed E-state index contributed by atoms with van der Waals surface area (Å²) in [6.07, 6.45) is -2.52. The number of benzene rings is 1. The van der Waals surface area contributed by atoms with Gasteiger partial charge in [-0.2, -0.15) is 13.2 Å². The Hall–Kier alpha value is -2.31. The van der Waals surface area contributed by atoms with E-state index in [1.807, 2.05) is 34.0 Å². The van der Waals surface area contributed by atoms with E-state index in [0.29, 0.717) is 27.4 Å². The van der Waals surface area contributed by atoms with Crippen molar-refractivity contribution in [3.05, 3.63) is 46.8 Å². The zero-order valence-electron chi connectivity index (χ0n) is 21.3. The van der Waals surface area contributed by atoms with E-state index in [9.17, 15) is 18.0 Å². The SMILES string of the molecule is CSc1ncc(B2OC(C)(C)C(C)(C)O2)c(CN2C(=O)O[C@H](c3cc(C)cc(C(F)(F)F)c3)[C@@H]2C)n1. The Kier molecular flexibility index (Phi) is 6.85. The molecule has 2 fully saturated rings. The van der Waals surface area contributed by atoms with Crippen molar-refractivity contribution in [2.45, 2.75) is 82.8 Å². The van der Waals surface area contributed by atoms with Crippen molar-refractivity contribution in [3.8, 4) is 0 Å². The van der Waals surface area contributed by atoms with Crippen LogP contribution in [-0.4, -0.2) is 51.6 Å². The lowest BCUT2D eigenvalue weighted by molar-refractivity contribution is -0.137. The third-order valence-electron chi connectivity index (χ3n) is 7.04. The van der Waals surface area contributed by atoms with Gasteiger partial charge in [0.2, 0.25) is 0 Å². The van der Waals surface area contributed by atoms with E-state index in [0.717, 1.165) is 12.1 Å². The Morgan fingerprint density at radius 3 is 2.36 bits per heavy atom. The van der Waals surface area contributed by atoms with Crippen molar-refractivity contribution in [3.63, 3.8) is 0 Å². The van der Waals surface area contributed by atoms with Crippen LogP contribution in [0.25, 0.3) is 0 Å². The summed E-state index contributed by atoms with van der Waals surface area (Å²) in [5.74, 6) is 0. The standard InChI is InChI=1S/C24H29BF3N3O4S/c1-13-8-15(10-16(9-13)24(26,27)28)19-14(2)31(21(32)33-19)12-18-17(11-29-20(30-18)36-7)25-34-22(3,4)23(5,6)35-25/h8-11,14,19H,12H2,1-7H3/t14-,19-/m0/s1. The first-order chi connectivity index (χ1) is 16.6. The molecule has 0 N–H and O–H groups in total. The third kappa shape index (κ3) is 4.95. The average Bonchev–Trinajstić information content (AvgIpc) is 3.17. The maximum Gasteiger partial charge on any atom is 0.498 e. The highest BCUT2D eigenvalue weighted by Gasteiger charge is 2.53. The molecule has 2 saturated heterocycles. The molecule has 1 amide bonds. The van der Waals surface area contributed by atoms with Gasteiger partial charge in [0.25, 0.3) is 0 Å². The summed E-state index contributed by atoms with van der Waals surface area (Å²) in [5.41, 5.74) is -0.0990. The molecule has 1 aromatic carbocycles. The maximum absolute atomic E-state index is 13.4. The quantitative estimate of drug-likeness (QED) is 0.313. The van der Waals surface area contributed by atoms with Gasteiger partial charge in [-0.1, -0.05) is 23.4 Å². The molecule has 1 aromatic heterocycles. The normalized spacial score (nSPS) is 23.3. The first-order valence-electron chi connectivity index (χ1n) is 11.5. The predicted molar refractivity (Wildman–Crippen MR) is 130 cm³/mol. The fraction of sp³-hybridized carbons (Fsp3) is 0.542. The molecule has 0 aliphatic carbocycles. The lowest BCUT2D eigenvalue weighted by Crippen LogP contribution is -2.41. The second kappa shape index (κ2) is 9.22. The van der Waals surface area contributed by atoms with Crippen LogP contribution in [0.4, 0.5) is 18.0 Å². The fourth-order valence-electron chi connectivity index (χ4n) is 4.26. The Morgan fingerprint density at radius 1 is 1.14 bits per heavy atom. The minimum absolute atomic E-state index is 0.0595. The number of ether oxygens (including phenoxy) is 1. The van der Waals surface area contributed by atoms with E-state index in [2.05, 4.69) is 9.97 Å². The molecular weight excluding hydrogens is 494 g/mol. The number of rotatable bonds is 5. The van der Waals surface area contributed by atoms with E-state index in [1.165, 1.54) is 16.7 Å². The summed E-state index contributed by atoms with van der Waals surface area (Å²) in [5, 5.41) is 0.510. The molecule has 0 saturated carbocycles. The third-order valence-corrected chi connectivity index (χ3v) is 7.60. The summed E-state index contributed by atoms with van der Waals surface area (Å²) in [7, 11) is -0.739. The largest absolute Gasteiger partial charge is 0.498 e. The van der Waals surface area contributed by atoms with Crippen LogP contribution in [0.2, 0.25) is 0 Å². The van der Waals surface area contributed by atoms with Gasteiger partial charge < -0.3 is 14.0 Å². The number of amides is 1. The van der Waals surface area contributed by atoms with Gasteiger partial charge in [-0.25, -0.2) is 14.8 Å². The van der Waals surface area contributed by atoms with Gasteiger partial charge in [-0.05, 0) is 65.5 Å². The lowest BCUT2D eigenvalue weighted by Gasteiger charge is -2.32. The van der Waals surface area contributed by atoms with Crippen molar-refractivity contribution in [1.29, 1.82) is 0 Å². The van der Waals surface area contributed by atoms with Gasteiger partial charge in [0.1, 0.15) is 6.10 Å². The maximum atomic E-state index is 13.4. The number of aryl methyl sites for hydroxylation is 1. The van der Waals surface area contributed by atoms with E-state index in [1.54, 1.807) is 26.1 Å². The topological polar surface area (TPSA) is 73.8 Å². The number of carbonyl (C=O) groups is 1. The molecule has 2 atom stereocenters. The number of halogens is 3. The Balaban J connectivity index is 1.64. The van der Waals surface area contributed by atoms with E-state index >= 15 is 0 Å². The second-order valence-electron chi connectivity index (χ2n) is 10.1. The zero-order chi connectivity index (χ0) is 26.6. The van der Waals surface area contributed by atoms with Crippen molar-refractivity contribution in [2.24, 2.45) is 0 Å². The smallest absolute Gasteiger partial charge is 0.439 e. The van der Waals surface area contributed by atoms with Gasteiger partial charge in [-0.3, -0.25) is 4.90 Å². The highest BCUT2D eigenvalue weighted by molar-refractivity contribution is 7.98. The number of hydrogen-bond acceptors (Lipinski definition) is 7. The summed E-state index contributed by atoms with van der Waals surface area (Å²) in [6.45, 7) is 11.1. The molecule has 4 rings (SSSR count). The molecule has 2 aromatic rings. The first-order valence-corrected chi connectivity index (χ1v) is 12.8. The number of cyclic esters (lactones) is 1. The Labute approximate surface area is 213 Å². The molecule has 2 aliphatic rings. The van der Waals surface area contributed by atoms with Crippen LogP contribution < -0.4 is 5.46 Å². The number of thioether (sulfide) groups is 1. The summed E-state index contributed by atoms with van der Waals surface area (Å²) in [4.78, 5) is 23.3. The van der Waals surface area contributed by atoms with Crippen LogP contribution in [0.5, 0.6) is 0 Å². The number of hydrogen-bond donors (Lipinski definition) is 0. The van der Waals surface area contributed by atoms with Crippen LogP contribution in [0.3, 0.4) is 0 Å². The Bertz CT molecular complexity index is 1160. The van der Waals surface area contributed by atoms with Gasteiger partial charge >= 0.3 is 19.4 Å². The molecule has 7 nitrogen and oxygen atoms in total. The summed E-state index contributed by atoms with van der Waals surface area (Å²) in [6, 6.07) is 3.18. The summed E-state index contributed by atoms with van der Waals surface area (Å²) >= 11 is 1.35. The molecule has 194 valence electrons. The minimum atomic E-state index is -4.50. The van der Waals surface area contributed by atoms with Crippen LogP contribution in [0.15, 0.2) is 29.6 Å². The highest BCUT2D eigenvalue weighted by atomic mass is 32.2. The number of carbonyl (C=O) groups excluding carboxylic acids is 1. The zero-order valence-corrected chi connectivity index (χ0v) is 22.1. The molecule has 0 bridgehead atoms. The first kappa shape index (κ1) is 26.7. The number of alkyl halides is 3. The molecule has 0 spiro atoms. The van der Waals surface area contributed by atoms with Gasteiger partial charge in [0.15, 0.2) is 5.16 Å². The Morgan fingerprint density at radius 2 is 1.78 bits per heavy atom. The van der Waals surface area contributed by atoms with Crippen LogP contribution >= 0.6 is 11.8 Å². The molecule has 0 unspecified atom stereocenters. The van der Waals surface area contributed by atoms with Crippen LogP contribution in [0, 0.1) is 6.92 Å². The van der Waals surface area contributed by atoms with Gasteiger partial charge in [0, 0.05) is 11.7 Å². The minimum Gasteiger partial charge on any atom is -0.439 e. The number of nitrogens with zero attached hydrogens (tertiary/aromatic N) is 3. The molecular formula is C24H29BF3N3O4S. The predicted octanol–water partition coefficient (Wildman–Crippen LogP) is 4.91. The fourth-order valence-corrected chi connectivity index (χ4v) is 4.62. The van der Waals surface area contributed by atoms with Crippen molar-refractivity contribution >= 4 is 30.4 Å². The van der Waals surface area contributed by atoms with Crippen molar-refractivity contribution in [2.75, 3.05) is 6.26 Å². The summed E-state index contributed by atoms with van der Waals surface area (Å²) < 4.78 is 58.1. The molecule has 2 aliphatic heterocycles. The van der Waals surface area contributed by atoms with Gasteiger partial charge in [-0.15, -0.1) is 0 Å². The molecule has 3 heterocycles. The highest BCUT2D eigenvalue weighted by Crippen LogP contribution is 2.39. The molecule has 36 heavy (non-hydrogen) atoms. The van der Waals surface area contributed by atoms with Crippen molar-refractivity contribution in [1.82, 2.24) is 14.9 Å². The number of aromatic nitrogens is 2. The van der Waals surface area contributed by atoms with E-state index in [-0.39, 0.29) is 6.54 Å². The second-order valence-corrected chi connectivity index (χ2v) is 10.9. The molecule has 12 heteroatoms. The van der Waals surface area contributed by atoms with Crippen LogP contribution in [0.1, 0.15) is 63.1 Å².